The Balaban J connectivity index is 1.01. The number of hydrogen-bond donors (Lipinski definition) is 1. The van der Waals surface area contributed by atoms with Gasteiger partial charge >= 0.3 is 12.1 Å². The molecule has 1 amide bonds. The van der Waals surface area contributed by atoms with Crippen LogP contribution in [0.15, 0.2) is 25.3 Å². The number of carbonyl (C=O) groups is 2. The van der Waals surface area contributed by atoms with E-state index in [0.29, 0.717) is 13.0 Å². The number of amides is 1. The average molecular weight is 582 g/mol. The number of nitrogens with one attached hydrogen (secondary N) is 1. The standard InChI is InChI=1S/C27H39N11O4/c1-35(2)23-21-25(31-16-29-23)37(18-33-21)11-7-5-9-13-41-20(39)15-28-27(40)42-14-10-6-8-12-38-19-34-22-24(36(3)4)30-17-32-26(22)38/h16-19H,5-15H2,1-4H3,(H,28,40). The van der Waals surface area contributed by atoms with Crippen molar-refractivity contribution in [1.29, 1.82) is 0 Å². The van der Waals surface area contributed by atoms with Gasteiger partial charge in [-0.2, -0.15) is 0 Å². The number of fused-ring (bicyclic) bond motifs is 2. The number of unbranched alkanes of at least 4 members (excludes halogenated alkanes) is 4. The van der Waals surface area contributed by atoms with E-state index in [0.717, 1.165) is 79.2 Å². The van der Waals surface area contributed by atoms with Crippen molar-refractivity contribution in [3.05, 3.63) is 25.3 Å². The van der Waals surface area contributed by atoms with Gasteiger partial charge in [-0.15, -0.1) is 0 Å². The first-order chi connectivity index (χ1) is 20.3. The molecule has 0 aliphatic heterocycles. The van der Waals surface area contributed by atoms with E-state index in [2.05, 4.69) is 35.2 Å². The molecule has 0 aliphatic rings. The second kappa shape index (κ2) is 14.9. The van der Waals surface area contributed by atoms with Crippen LogP contribution < -0.4 is 15.1 Å². The molecule has 0 saturated carbocycles. The molecule has 0 fully saturated rings. The Morgan fingerprint density at radius 2 is 1.19 bits per heavy atom. The topological polar surface area (TPSA) is 158 Å². The molecule has 0 atom stereocenters. The maximum absolute atomic E-state index is 11.9. The van der Waals surface area contributed by atoms with Gasteiger partial charge in [0.25, 0.3) is 0 Å². The Labute approximate surface area is 244 Å². The number of aromatic nitrogens is 8. The number of esters is 1. The number of aryl methyl sites for hydroxylation is 2. The molecule has 0 radical (unpaired) electrons. The molecule has 0 unspecified atom stereocenters. The predicted molar refractivity (Wildman–Crippen MR) is 157 cm³/mol. The summed E-state index contributed by atoms with van der Waals surface area (Å²) in [7, 11) is 7.69. The van der Waals surface area contributed by atoms with Crippen molar-refractivity contribution < 1.29 is 19.1 Å². The van der Waals surface area contributed by atoms with Gasteiger partial charge in [0.1, 0.15) is 19.2 Å². The van der Waals surface area contributed by atoms with Gasteiger partial charge in [0.05, 0.1) is 25.9 Å². The molecule has 1 N–H and O–H groups in total. The third kappa shape index (κ3) is 8.01. The molecule has 15 nitrogen and oxygen atoms in total. The highest BCUT2D eigenvalue weighted by Crippen LogP contribution is 2.21. The largest absolute Gasteiger partial charge is 0.464 e. The lowest BCUT2D eigenvalue weighted by atomic mass is 10.2. The smallest absolute Gasteiger partial charge is 0.407 e. The fraction of sp³-hybridized carbons (Fsp3) is 0.556. The molecule has 0 aliphatic carbocycles. The lowest BCUT2D eigenvalue weighted by molar-refractivity contribution is -0.142. The minimum atomic E-state index is -0.630. The first-order valence-corrected chi connectivity index (χ1v) is 14.1. The molecule has 15 heteroatoms. The van der Waals surface area contributed by atoms with Crippen LogP contribution in [0.3, 0.4) is 0 Å². The number of alkyl carbamates (subject to hydrolysis) is 1. The van der Waals surface area contributed by atoms with Crippen LogP contribution in [0.2, 0.25) is 0 Å². The fourth-order valence-electron chi connectivity index (χ4n) is 4.44. The molecule has 0 saturated heterocycles. The normalized spacial score (nSPS) is 11.1. The predicted octanol–water partition coefficient (Wildman–Crippen LogP) is 2.41. The van der Waals surface area contributed by atoms with Gasteiger partial charge in [-0.1, -0.05) is 0 Å². The van der Waals surface area contributed by atoms with E-state index < -0.39 is 12.1 Å². The van der Waals surface area contributed by atoms with E-state index in [1.807, 2.05) is 47.1 Å². The zero-order chi connectivity index (χ0) is 29.9. The lowest BCUT2D eigenvalue weighted by Gasteiger charge is -2.11. The summed E-state index contributed by atoms with van der Waals surface area (Å²) in [6, 6.07) is 0. The minimum absolute atomic E-state index is 0.224. The monoisotopic (exact) mass is 581 g/mol. The Hall–Kier alpha value is -4.56. The summed E-state index contributed by atoms with van der Waals surface area (Å²) in [6.45, 7) is 1.85. The molecule has 4 aromatic rings. The van der Waals surface area contributed by atoms with E-state index in [-0.39, 0.29) is 13.2 Å². The minimum Gasteiger partial charge on any atom is -0.464 e. The number of nitrogens with zero attached hydrogens (tertiary/aromatic N) is 10. The van der Waals surface area contributed by atoms with Gasteiger partial charge in [0.2, 0.25) is 0 Å². The number of carbonyl (C=O) groups excluding carboxylic acids is 2. The lowest BCUT2D eigenvalue weighted by Crippen LogP contribution is -2.31. The zero-order valence-corrected chi connectivity index (χ0v) is 24.7. The second-order valence-corrected chi connectivity index (χ2v) is 10.2. The summed E-state index contributed by atoms with van der Waals surface area (Å²) in [6.07, 6.45) is 10.9. The molecule has 226 valence electrons. The Morgan fingerprint density at radius 3 is 1.69 bits per heavy atom. The molecule has 0 bridgehead atoms. The van der Waals surface area contributed by atoms with Crippen LogP contribution >= 0.6 is 0 Å². The van der Waals surface area contributed by atoms with E-state index in [1.165, 1.54) is 0 Å². The number of imidazole rings is 2. The number of rotatable bonds is 16. The van der Waals surface area contributed by atoms with Gasteiger partial charge in [0, 0.05) is 41.3 Å². The maximum Gasteiger partial charge on any atom is 0.407 e. The van der Waals surface area contributed by atoms with Crippen molar-refractivity contribution in [2.75, 3.05) is 57.7 Å². The maximum atomic E-state index is 11.9. The summed E-state index contributed by atoms with van der Waals surface area (Å²) in [5.74, 6) is 1.08. The van der Waals surface area contributed by atoms with Crippen molar-refractivity contribution in [2.24, 2.45) is 0 Å². The van der Waals surface area contributed by atoms with Gasteiger partial charge in [-0.25, -0.2) is 34.7 Å². The zero-order valence-electron chi connectivity index (χ0n) is 24.7. The van der Waals surface area contributed by atoms with Crippen molar-refractivity contribution >= 4 is 46.0 Å². The molecule has 4 heterocycles. The third-order valence-electron chi connectivity index (χ3n) is 6.57. The fourth-order valence-corrected chi connectivity index (χ4v) is 4.44. The van der Waals surface area contributed by atoms with Crippen LogP contribution in [0, 0.1) is 0 Å². The van der Waals surface area contributed by atoms with Crippen molar-refractivity contribution in [3.63, 3.8) is 0 Å². The summed E-state index contributed by atoms with van der Waals surface area (Å²) in [5, 5.41) is 2.44. The molecule has 4 aromatic heterocycles. The van der Waals surface area contributed by atoms with Crippen molar-refractivity contribution in [2.45, 2.75) is 51.6 Å². The first kappa shape index (κ1) is 30.4. The summed E-state index contributed by atoms with van der Waals surface area (Å²) in [4.78, 5) is 53.8. The van der Waals surface area contributed by atoms with Gasteiger partial charge < -0.3 is 33.7 Å². The summed E-state index contributed by atoms with van der Waals surface area (Å²) >= 11 is 0. The van der Waals surface area contributed by atoms with Crippen molar-refractivity contribution in [3.8, 4) is 0 Å². The molecule has 0 aromatic carbocycles. The average Bonchev–Trinajstić information content (AvgIpc) is 3.59. The highest BCUT2D eigenvalue weighted by Gasteiger charge is 2.13. The highest BCUT2D eigenvalue weighted by atomic mass is 16.6. The highest BCUT2D eigenvalue weighted by molar-refractivity contribution is 5.83. The quantitative estimate of drug-likeness (QED) is 0.152. The molecule has 4 rings (SSSR count). The van der Waals surface area contributed by atoms with Crippen LogP contribution in [0.5, 0.6) is 0 Å². The SMILES string of the molecule is CN(C)c1ncnc2c1ncn2CCCCCOC(=O)CNC(=O)OCCCCCn1cnc2c(N(C)C)ncnc21. The Kier molecular flexibility index (Phi) is 10.8. The Bertz CT molecular complexity index is 1360. The molecular formula is C27H39N11O4. The van der Waals surface area contributed by atoms with E-state index in [9.17, 15) is 9.59 Å². The number of ether oxygens (including phenoxy) is 2. The third-order valence-corrected chi connectivity index (χ3v) is 6.57. The van der Waals surface area contributed by atoms with Crippen LogP contribution in [-0.2, 0) is 27.4 Å². The van der Waals surface area contributed by atoms with Crippen LogP contribution in [0.1, 0.15) is 38.5 Å². The van der Waals surface area contributed by atoms with E-state index in [1.54, 1.807) is 25.3 Å². The van der Waals surface area contributed by atoms with Crippen LogP contribution in [-0.4, -0.2) is 99.0 Å². The van der Waals surface area contributed by atoms with Crippen LogP contribution in [0.4, 0.5) is 16.4 Å². The van der Waals surface area contributed by atoms with E-state index in [4.69, 9.17) is 9.47 Å². The van der Waals surface area contributed by atoms with Gasteiger partial charge in [-0.3, -0.25) is 4.79 Å². The first-order valence-electron chi connectivity index (χ1n) is 14.1. The molecular weight excluding hydrogens is 542 g/mol. The molecule has 42 heavy (non-hydrogen) atoms. The number of hydrogen-bond acceptors (Lipinski definition) is 12. The molecule has 0 spiro atoms. The second-order valence-electron chi connectivity index (χ2n) is 10.2. The van der Waals surface area contributed by atoms with E-state index >= 15 is 0 Å². The number of anilines is 2. The van der Waals surface area contributed by atoms with Gasteiger partial charge in [0.15, 0.2) is 34.0 Å². The van der Waals surface area contributed by atoms with Crippen molar-refractivity contribution in [1.82, 2.24) is 44.4 Å². The van der Waals surface area contributed by atoms with Gasteiger partial charge in [-0.05, 0) is 38.5 Å². The summed E-state index contributed by atoms with van der Waals surface area (Å²) in [5.41, 5.74) is 3.15. The summed E-state index contributed by atoms with van der Waals surface area (Å²) < 4.78 is 14.4. The van der Waals surface area contributed by atoms with Crippen LogP contribution in [0.25, 0.3) is 22.3 Å². The Morgan fingerprint density at radius 1 is 0.690 bits per heavy atom.